The van der Waals surface area contributed by atoms with E-state index in [0.717, 1.165) is 0 Å². The maximum absolute atomic E-state index is 0. The van der Waals surface area contributed by atoms with E-state index >= 15 is 0 Å². The summed E-state index contributed by atoms with van der Waals surface area (Å²) in [5.74, 6) is 0. The fourth-order valence-electron chi connectivity index (χ4n) is 0. The molecule has 1 unspecified atom stereocenters. The third-order valence-corrected chi connectivity index (χ3v) is 0. The van der Waals surface area contributed by atoms with E-state index in [1.165, 1.54) is 0 Å². The Morgan fingerprint density at radius 2 is 1.00 bits per heavy atom. The van der Waals surface area contributed by atoms with Gasteiger partial charge in [-0.2, -0.15) is 9.90 Å². The van der Waals surface area contributed by atoms with E-state index in [-0.39, 0.29) is 86.6 Å². The molecule has 0 saturated heterocycles. The molecule has 1 atom stereocenters. The van der Waals surface area contributed by atoms with Crippen LogP contribution in [0.2, 0.25) is 0 Å². The molecule has 33 valence electrons. The van der Waals surface area contributed by atoms with Gasteiger partial charge in [-0.05, 0) is 0 Å². The summed E-state index contributed by atoms with van der Waals surface area (Å²) in [6.45, 7) is 0. The van der Waals surface area contributed by atoms with Crippen LogP contribution in [0.3, 0.4) is 0 Å². The first-order chi connectivity index (χ1) is 0. The van der Waals surface area contributed by atoms with Gasteiger partial charge in [-0.25, -0.2) is 0 Å². The van der Waals surface area contributed by atoms with Gasteiger partial charge in [0.15, 0.2) is 0 Å². The number of hydrogen-bond acceptors (Lipinski definition) is 0. The van der Waals surface area contributed by atoms with Gasteiger partial charge in [0.1, 0.15) is 0 Å². The fourth-order valence-corrected chi connectivity index (χ4v) is 0. The Morgan fingerprint density at radius 1 is 1.00 bits per heavy atom. The van der Waals surface area contributed by atoms with Gasteiger partial charge in [0.25, 0.3) is 0 Å². The van der Waals surface area contributed by atoms with Crippen molar-refractivity contribution >= 4 is 33.8 Å². The van der Waals surface area contributed by atoms with Gasteiger partial charge in [-0.1, -0.05) is 0 Å². The van der Waals surface area contributed by atoms with Crippen LogP contribution >= 0.6 is 9.90 Å². The summed E-state index contributed by atoms with van der Waals surface area (Å²) in [7, 11) is 0. The summed E-state index contributed by atoms with van der Waals surface area (Å²) >= 11 is 0. The molecular weight excluding hydrogens is 333 g/mol. The molecule has 0 aliphatic heterocycles. The largest absolute Gasteiger partial charge is 0.153 e. The molecule has 0 spiro atoms. The predicted molar refractivity (Wildman–Crippen MR) is 16.9 cm³/mol. The molecule has 0 aliphatic carbocycles. The summed E-state index contributed by atoms with van der Waals surface area (Å²) in [4.78, 5) is 0. The van der Waals surface area contributed by atoms with Crippen molar-refractivity contribution in [2.24, 2.45) is 0 Å². The fraction of sp³-hybridized carbons (Fsp3) is 0. The van der Waals surface area contributed by atoms with E-state index in [4.69, 9.17) is 0 Å². The maximum Gasteiger partial charge on any atom is 0 e. The van der Waals surface area contributed by atoms with E-state index in [1.54, 1.807) is 0 Å². The molecule has 0 fully saturated rings. The molecule has 0 rings (SSSR count). The monoisotopic (exact) mass is 335 g/mol. The van der Waals surface area contributed by atoms with Crippen molar-refractivity contribution in [1.29, 1.82) is 0 Å². The first-order valence-corrected chi connectivity index (χ1v) is 0. The quantitative estimate of drug-likeness (QED) is 0.420. The van der Waals surface area contributed by atoms with E-state index in [1.807, 2.05) is 0 Å². The average molecular weight is 336 g/mol. The summed E-state index contributed by atoms with van der Waals surface area (Å²) in [6, 6.07) is 0. The molecule has 0 N–H and O–H groups in total. The maximum atomic E-state index is 0. The Kier molecular flexibility index (Phi) is 261. The van der Waals surface area contributed by atoms with Gasteiger partial charge in [0, 0.05) is 76.7 Å². The number of hydrogen-bond donors (Lipinski definition) is 0. The third-order valence-electron chi connectivity index (χ3n) is 0. The van der Waals surface area contributed by atoms with Crippen molar-refractivity contribution in [3.63, 3.8) is 0 Å². The van der Waals surface area contributed by atoms with Crippen LogP contribution in [0.25, 0.3) is 0 Å². The van der Waals surface area contributed by atoms with Crippen LogP contribution in [0.15, 0.2) is 0 Å². The first-order valence-electron chi connectivity index (χ1n) is 0. The first kappa shape index (κ1) is 45.3. The van der Waals surface area contributed by atoms with Crippen molar-refractivity contribution in [3.05, 3.63) is 0 Å². The Hall–Kier alpha value is 2.85. The van der Waals surface area contributed by atoms with Crippen LogP contribution in [0.5, 0.6) is 0 Å². The molecule has 0 aromatic heterocycles. The van der Waals surface area contributed by atoms with Crippen LogP contribution in [-0.2, 0) is 52.7 Å². The second kappa shape index (κ2) is 28.8. The van der Waals surface area contributed by atoms with Crippen molar-refractivity contribution in [1.82, 2.24) is 0 Å². The topological polar surface area (TPSA) is 0 Å². The van der Waals surface area contributed by atoms with Crippen LogP contribution in [0.1, 0.15) is 0 Å². The normalized spacial score (nSPS) is 0. The minimum atomic E-state index is 0. The molecule has 5 radical (unpaired) electrons. The van der Waals surface area contributed by atoms with Gasteiger partial charge in [0.05, 0.1) is 0 Å². The van der Waals surface area contributed by atoms with Gasteiger partial charge in [0.2, 0.25) is 0 Å². The minimum Gasteiger partial charge on any atom is -0.153 e. The summed E-state index contributed by atoms with van der Waals surface area (Å²) in [5.41, 5.74) is 0. The zero-order valence-corrected chi connectivity index (χ0v) is 11.8. The van der Waals surface area contributed by atoms with Gasteiger partial charge < -0.3 is 0 Å². The van der Waals surface area contributed by atoms with Crippen LogP contribution in [-0.4, -0.2) is 23.9 Å². The second-order valence-corrected chi connectivity index (χ2v) is 0. The molecule has 0 nitrogen and oxygen atoms in total. The van der Waals surface area contributed by atoms with Crippen molar-refractivity contribution < 1.29 is 52.7 Å². The zero-order valence-electron chi connectivity index (χ0n) is 2.56. The second-order valence-electron chi connectivity index (χ2n) is 0. The van der Waals surface area contributed by atoms with Crippen LogP contribution in [0, 0.1) is 0 Å². The smallest absolute Gasteiger partial charge is 0 e. The summed E-state index contributed by atoms with van der Waals surface area (Å²) in [5, 5.41) is 0. The molecular formula is H3CoNiPSnZn. The molecule has 5 heavy (non-hydrogen) atoms. The van der Waals surface area contributed by atoms with E-state index < -0.39 is 0 Å². The predicted octanol–water partition coefficient (Wildman–Crippen LogP) is -0.330. The standard InChI is InChI=1S/Co.Ni.H3P.Sn.Zn/h;;1H3;;. The van der Waals surface area contributed by atoms with Crippen molar-refractivity contribution in [3.8, 4) is 0 Å². The van der Waals surface area contributed by atoms with E-state index in [9.17, 15) is 0 Å². The average Bonchev–Trinajstić information content (AvgIpc) is 0. The molecule has 0 saturated carbocycles. The third kappa shape index (κ3) is 19.8. The minimum absolute atomic E-state index is 0. The van der Waals surface area contributed by atoms with E-state index in [2.05, 4.69) is 0 Å². The van der Waals surface area contributed by atoms with Gasteiger partial charge in [-0.15, -0.1) is 0 Å². The molecule has 0 bridgehead atoms. The van der Waals surface area contributed by atoms with Crippen LogP contribution < -0.4 is 0 Å². The molecule has 0 heterocycles. The summed E-state index contributed by atoms with van der Waals surface area (Å²) in [6.07, 6.45) is 0. The van der Waals surface area contributed by atoms with Crippen molar-refractivity contribution in [2.45, 2.75) is 0 Å². The molecule has 0 aromatic carbocycles. The van der Waals surface area contributed by atoms with Crippen LogP contribution in [0.4, 0.5) is 0 Å². The molecule has 0 aromatic rings. The van der Waals surface area contributed by atoms with Gasteiger partial charge >= 0.3 is 0 Å². The Bertz CT molecular complexity index is 11.6. The van der Waals surface area contributed by atoms with Crippen molar-refractivity contribution in [2.75, 3.05) is 0 Å². The summed E-state index contributed by atoms with van der Waals surface area (Å²) < 4.78 is 0. The SMILES string of the molecule is P.[Co].[Ni].[Sn].[Zn]. The Morgan fingerprint density at radius 3 is 1.00 bits per heavy atom. The van der Waals surface area contributed by atoms with E-state index in [0.29, 0.717) is 0 Å². The molecule has 5 heteroatoms. The molecule has 0 aliphatic rings. The van der Waals surface area contributed by atoms with Gasteiger partial charge in [-0.3, -0.25) is 0 Å². The Labute approximate surface area is 85.4 Å². The molecule has 0 amide bonds. The number of rotatable bonds is 0. The Balaban J connectivity index is 0. The zero-order chi connectivity index (χ0) is 0.